The standard InChI is InChI=1S/C22H25ClN2O2/c1-13-5-8-16(11-19(13)23)25-21(27)18-12-17(18)20(26)24-15-9-6-14(7-10-15)22(2,3)4/h5-11,17-18H,12H2,1-4H3,(H,24,26)(H,25,27). The zero-order valence-corrected chi connectivity index (χ0v) is 16.9. The van der Waals surface area contributed by atoms with Gasteiger partial charge in [0.2, 0.25) is 11.8 Å². The van der Waals surface area contributed by atoms with Crippen LogP contribution in [0.2, 0.25) is 5.02 Å². The molecule has 2 amide bonds. The molecule has 1 saturated carbocycles. The first-order valence-corrected chi connectivity index (χ1v) is 9.51. The molecule has 1 fully saturated rings. The number of carbonyl (C=O) groups excluding carboxylic acids is 2. The monoisotopic (exact) mass is 384 g/mol. The van der Waals surface area contributed by atoms with Gasteiger partial charge in [-0.3, -0.25) is 9.59 Å². The van der Waals surface area contributed by atoms with Crippen molar-refractivity contribution in [1.29, 1.82) is 0 Å². The summed E-state index contributed by atoms with van der Waals surface area (Å²) in [5.74, 6) is -0.828. The minimum Gasteiger partial charge on any atom is -0.326 e. The van der Waals surface area contributed by atoms with E-state index in [1.54, 1.807) is 6.07 Å². The molecule has 0 spiro atoms. The van der Waals surface area contributed by atoms with E-state index in [1.165, 1.54) is 5.56 Å². The van der Waals surface area contributed by atoms with Crippen LogP contribution in [-0.2, 0) is 15.0 Å². The van der Waals surface area contributed by atoms with Gasteiger partial charge < -0.3 is 10.6 Å². The van der Waals surface area contributed by atoms with Gasteiger partial charge in [-0.15, -0.1) is 0 Å². The van der Waals surface area contributed by atoms with Crippen molar-refractivity contribution in [3.05, 3.63) is 58.6 Å². The Morgan fingerprint density at radius 2 is 1.44 bits per heavy atom. The first kappa shape index (κ1) is 19.4. The fraction of sp³-hybridized carbons (Fsp3) is 0.364. The Morgan fingerprint density at radius 1 is 0.926 bits per heavy atom. The predicted molar refractivity (Wildman–Crippen MR) is 110 cm³/mol. The highest BCUT2D eigenvalue weighted by atomic mass is 35.5. The Kier molecular flexibility index (Phi) is 5.29. The molecule has 0 aliphatic heterocycles. The van der Waals surface area contributed by atoms with Gasteiger partial charge in [-0.2, -0.15) is 0 Å². The van der Waals surface area contributed by atoms with E-state index in [2.05, 4.69) is 31.4 Å². The Balaban J connectivity index is 1.55. The van der Waals surface area contributed by atoms with Gasteiger partial charge in [0.05, 0.1) is 11.8 Å². The van der Waals surface area contributed by atoms with Crippen molar-refractivity contribution < 1.29 is 9.59 Å². The number of nitrogens with one attached hydrogen (secondary N) is 2. The van der Waals surface area contributed by atoms with Crippen LogP contribution in [0.4, 0.5) is 11.4 Å². The molecule has 27 heavy (non-hydrogen) atoms. The van der Waals surface area contributed by atoms with Gasteiger partial charge in [-0.05, 0) is 54.2 Å². The normalized spacial score (nSPS) is 18.7. The van der Waals surface area contributed by atoms with Crippen LogP contribution in [0.15, 0.2) is 42.5 Å². The molecule has 142 valence electrons. The molecule has 2 unspecified atom stereocenters. The first-order chi connectivity index (χ1) is 12.6. The van der Waals surface area contributed by atoms with Gasteiger partial charge in [0.1, 0.15) is 0 Å². The Morgan fingerprint density at radius 3 is 1.96 bits per heavy atom. The number of benzene rings is 2. The fourth-order valence-corrected chi connectivity index (χ4v) is 3.15. The van der Waals surface area contributed by atoms with Gasteiger partial charge in [0.25, 0.3) is 0 Å². The number of rotatable bonds is 4. The van der Waals surface area contributed by atoms with E-state index in [-0.39, 0.29) is 29.1 Å². The van der Waals surface area contributed by atoms with Crippen molar-refractivity contribution in [3.8, 4) is 0 Å². The summed E-state index contributed by atoms with van der Waals surface area (Å²) in [6.07, 6.45) is 0.567. The third-order valence-corrected chi connectivity index (χ3v) is 5.33. The SMILES string of the molecule is Cc1ccc(NC(=O)C2CC2C(=O)Nc2ccc(C(C)(C)C)cc2)cc1Cl. The molecule has 0 radical (unpaired) electrons. The van der Waals surface area contributed by atoms with E-state index < -0.39 is 0 Å². The van der Waals surface area contributed by atoms with Gasteiger partial charge in [-0.1, -0.05) is 50.6 Å². The minimum atomic E-state index is -0.293. The largest absolute Gasteiger partial charge is 0.326 e. The molecule has 2 aromatic carbocycles. The quantitative estimate of drug-likeness (QED) is 0.764. The molecule has 0 bridgehead atoms. The maximum atomic E-state index is 12.4. The maximum Gasteiger partial charge on any atom is 0.228 e. The third-order valence-electron chi connectivity index (χ3n) is 4.92. The zero-order chi connectivity index (χ0) is 19.8. The number of aryl methyl sites for hydroxylation is 1. The van der Waals surface area contributed by atoms with E-state index >= 15 is 0 Å². The molecule has 3 rings (SSSR count). The summed E-state index contributed by atoms with van der Waals surface area (Å²) in [6.45, 7) is 8.35. The van der Waals surface area contributed by atoms with Crippen LogP contribution in [0.3, 0.4) is 0 Å². The van der Waals surface area contributed by atoms with E-state index in [4.69, 9.17) is 11.6 Å². The summed E-state index contributed by atoms with van der Waals surface area (Å²) < 4.78 is 0. The summed E-state index contributed by atoms with van der Waals surface area (Å²) in [6, 6.07) is 13.3. The third kappa shape index (κ3) is 4.69. The summed E-state index contributed by atoms with van der Waals surface area (Å²) in [5, 5.41) is 6.36. The van der Waals surface area contributed by atoms with Crippen LogP contribution in [0, 0.1) is 18.8 Å². The lowest BCUT2D eigenvalue weighted by Crippen LogP contribution is -2.20. The molecule has 2 aromatic rings. The van der Waals surface area contributed by atoms with Crippen LogP contribution in [0.5, 0.6) is 0 Å². The number of carbonyl (C=O) groups is 2. The number of amides is 2. The summed E-state index contributed by atoms with van der Waals surface area (Å²) in [5.41, 5.74) is 3.64. The molecule has 0 saturated heterocycles. The van der Waals surface area contributed by atoms with Gasteiger partial charge in [0, 0.05) is 16.4 Å². The van der Waals surface area contributed by atoms with Crippen LogP contribution in [0.25, 0.3) is 0 Å². The highest BCUT2D eigenvalue weighted by Crippen LogP contribution is 2.40. The van der Waals surface area contributed by atoms with Crippen molar-refractivity contribution in [2.45, 2.75) is 39.5 Å². The van der Waals surface area contributed by atoms with Crippen LogP contribution >= 0.6 is 11.6 Å². The topological polar surface area (TPSA) is 58.2 Å². The van der Waals surface area contributed by atoms with Crippen molar-refractivity contribution in [1.82, 2.24) is 0 Å². The second-order valence-corrected chi connectivity index (χ2v) is 8.63. The average Bonchev–Trinajstić information content (AvgIpc) is 3.39. The first-order valence-electron chi connectivity index (χ1n) is 9.13. The number of halogens is 1. The van der Waals surface area contributed by atoms with Crippen LogP contribution in [-0.4, -0.2) is 11.8 Å². The highest BCUT2D eigenvalue weighted by Gasteiger charge is 2.48. The number of hydrogen-bond acceptors (Lipinski definition) is 2. The van der Waals surface area contributed by atoms with E-state index in [9.17, 15) is 9.59 Å². The molecule has 1 aliphatic rings. The highest BCUT2D eigenvalue weighted by molar-refractivity contribution is 6.31. The Labute approximate surface area is 165 Å². The molecule has 1 aliphatic carbocycles. The number of anilines is 2. The molecular formula is C22H25ClN2O2. The molecule has 5 heteroatoms. The Hall–Kier alpha value is -2.33. The summed E-state index contributed by atoms with van der Waals surface area (Å²) in [7, 11) is 0. The fourth-order valence-electron chi connectivity index (χ4n) is 2.97. The minimum absolute atomic E-state index is 0.0705. The van der Waals surface area contributed by atoms with Crippen LogP contribution < -0.4 is 10.6 Å². The summed E-state index contributed by atoms with van der Waals surface area (Å²) >= 11 is 6.09. The van der Waals surface area contributed by atoms with E-state index in [0.29, 0.717) is 17.1 Å². The Bertz CT molecular complexity index is 869. The molecule has 0 heterocycles. The number of hydrogen-bond donors (Lipinski definition) is 2. The smallest absolute Gasteiger partial charge is 0.228 e. The lowest BCUT2D eigenvalue weighted by Gasteiger charge is -2.19. The summed E-state index contributed by atoms with van der Waals surface area (Å²) in [4.78, 5) is 24.8. The lowest BCUT2D eigenvalue weighted by molar-refractivity contribution is -0.122. The molecule has 2 atom stereocenters. The van der Waals surface area contributed by atoms with Crippen molar-refractivity contribution in [2.24, 2.45) is 11.8 Å². The lowest BCUT2D eigenvalue weighted by atomic mass is 9.87. The molecular weight excluding hydrogens is 360 g/mol. The maximum absolute atomic E-state index is 12.4. The second kappa shape index (κ2) is 7.35. The molecule has 4 nitrogen and oxygen atoms in total. The van der Waals surface area contributed by atoms with Crippen LogP contribution in [0.1, 0.15) is 38.3 Å². The molecule has 2 N–H and O–H groups in total. The van der Waals surface area contributed by atoms with Gasteiger partial charge >= 0.3 is 0 Å². The zero-order valence-electron chi connectivity index (χ0n) is 16.1. The van der Waals surface area contributed by atoms with Gasteiger partial charge in [-0.25, -0.2) is 0 Å². The van der Waals surface area contributed by atoms with Crippen molar-refractivity contribution in [3.63, 3.8) is 0 Å². The van der Waals surface area contributed by atoms with Crippen molar-refractivity contribution >= 4 is 34.8 Å². The average molecular weight is 385 g/mol. The molecule has 0 aromatic heterocycles. The van der Waals surface area contributed by atoms with E-state index in [1.807, 2.05) is 43.3 Å². The van der Waals surface area contributed by atoms with Crippen molar-refractivity contribution in [2.75, 3.05) is 10.6 Å². The van der Waals surface area contributed by atoms with E-state index in [0.717, 1.165) is 11.3 Å². The van der Waals surface area contributed by atoms with Gasteiger partial charge in [0.15, 0.2) is 0 Å². The second-order valence-electron chi connectivity index (χ2n) is 8.22. The predicted octanol–water partition coefficient (Wildman–Crippen LogP) is 5.16.